The molecule has 5 heteroatoms. The molecule has 0 aliphatic heterocycles. The molecule has 0 saturated carbocycles. The van der Waals surface area contributed by atoms with Crippen LogP contribution in [0.1, 0.15) is 5.56 Å². The second kappa shape index (κ2) is 6.67. The summed E-state index contributed by atoms with van der Waals surface area (Å²) in [4.78, 5) is 24.4. The number of carbonyl (C=O) groups is 1. The number of hydrogen-bond donors (Lipinski definition) is 1. The van der Waals surface area contributed by atoms with Gasteiger partial charge in [-0.05, 0) is 35.2 Å². The number of hydrogen-bond acceptors (Lipinski definition) is 2. The number of aromatic nitrogens is 1. The Morgan fingerprint density at radius 1 is 1.09 bits per heavy atom. The number of halogens is 1. The number of amides is 1. The third-order valence-electron chi connectivity index (χ3n) is 3.58. The predicted octanol–water partition coefficient (Wildman–Crippen LogP) is 2.97. The van der Waals surface area contributed by atoms with E-state index < -0.39 is 0 Å². The monoisotopic (exact) mass is 326 g/mol. The van der Waals surface area contributed by atoms with E-state index in [0.717, 1.165) is 10.9 Å². The van der Waals surface area contributed by atoms with Crippen molar-refractivity contribution in [1.82, 2.24) is 9.88 Å². The lowest BCUT2D eigenvalue weighted by Crippen LogP contribution is -2.31. The van der Waals surface area contributed by atoms with Crippen LogP contribution in [0.15, 0.2) is 65.6 Å². The Morgan fingerprint density at radius 2 is 1.91 bits per heavy atom. The van der Waals surface area contributed by atoms with Gasteiger partial charge in [-0.25, -0.2) is 0 Å². The van der Waals surface area contributed by atoms with E-state index in [-0.39, 0.29) is 18.0 Å². The Hall–Kier alpha value is -2.59. The first-order chi connectivity index (χ1) is 11.1. The minimum atomic E-state index is -0.220. The molecule has 1 N–H and O–H groups in total. The zero-order valence-corrected chi connectivity index (χ0v) is 13.1. The Balaban J connectivity index is 1.71. The van der Waals surface area contributed by atoms with E-state index in [1.807, 2.05) is 36.4 Å². The van der Waals surface area contributed by atoms with Crippen molar-refractivity contribution in [3.63, 3.8) is 0 Å². The van der Waals surface area contributed by atoms with Gasteiger partial charge >= 0.3 is 0 Å². The van der Waals surface area contributed by atoms with Crippen LogP contribution in [-0.4, -0.2) is 10.5 Å². The molecule has 23 heavy (non-hydrogen) atoms. The summed E-state index contributed by atoms with van der Waals surface area (Å²) in [5.74, 6) is -0.220. The highest BCUT2D eigenvalue weighted by atomic mass is 35.5. The van der Waals surface area contributed by atoms with E-state index in [4.69, 9.17) is 11.6 Å². The summed E-state index contributed by atoms with van der Waals surface area (Å²) in [5, 5.41) is 4.90. The maximum Gasteiger partial charge on any atom is 0.258 e. The minimum absolute atomic E-state index is 0.00969. The Morgan fingerprint density at radius 3 is 2.74 bits per heavy atom. The molecule has 1 aromatic heterocycles. The van der Waals surface area contributed by atoms with Gasteiger partial charge in [-0.3, -0.25) is 9.59 Å². The molecule has 1 amide bonds. The zero-order chi connectivity index (χ0) is 16.2. The fourth-order valence-corrected chi connectivity index (χ4v) is 2.63. The summed E-state index contributed by atoms with van der Waals surface area (Å²) in [6.07, 6.45) is 1.64. The van der Waals surface area contributed by atoms with Crippen LogP contribution in [0.2, 0.25) is 5.02 Å². The molecule has 0 radical (unpaired) electrons. The maximum absolute atomic E-state index is 12.3. The first kappa shape index (κ1) is 15.3. The van der Waals surface area contributed by atoms with E-state index in [1.165, 1.54) is 4.57 Å². The largest absolute Gasteiger partial charge is 0.350 e. The molecule has 4 nitrogen and oxygen atoms in total. The fraction of sp³-hybridized carbons (Fsp3) is 0.111. The van der Waals surface area contributed by atoms with E-state index in [0.29, 0.717) is 17.0 Å². The van der Waals surface area contributed by atoms with E-state index in [2.05, 4.69) is 5.32 Å². The van der Waals surface area contributed by atoms with Gasteiger partial charge in [0.15, 0.2) is 0 Å². The molecule has 0 aliphatic carbocycles. The molecule has 1 heterocycles. The van der Waals surface area contributed by atoms with Crippen LogP contribution in [0.4, 0.5) is 0 Å². The zero-order valence-electron chi connectivity index (χ0n) is 12.3. The van der Waals surface area contributed by atoms with Gasteiger partial charge in [0.25, 0.3) is 5.56 Å². The Bertz CT molecular complexity index is 918. The molecule has 0 aliphatic rings. The van der Waals surface area contributed by atoms with Gasteiger partial charge in [-0.1, -0.05) is 41.9 Å². The molecule has 3 rings (SSSR count). The maximum atomic E-state index is 12.3. The van der Waals surface area contributed by atoms with Crippen molar-refractivity contribution in [2.24, 2.45) is 0 Å². The summed E-state index contributed by atoms with van der Waals surface area (Å²) in [6.45, 7) is 0.367. The van der Waals surface area contributed by atoms with Crippen LogP contribution in [0.25, 0.3) is 10.8 Å². The predicted molar refractivity (Wildman–Crippen MR) is 91.5 cm³/mol. The van der Waals surface area contributed by atoms with Crippen molar-refractivity contribution in [2.45, 2.75) is 13.1 Å². The van der Waals surface area contributed by atoms with Gasteiger partial charge in [0.1, 0.15) is 6.54 Å². The summed E-state index contributed by atoms with van der Waals surface area (Å²) in [7, 11) is 0. The van der Waals surface area contributed by atoms with Crippen molar-refractivity contribution in [2.75, 3.05) is 0 Å². The highest BCUT2D eigenvalue weighted by Crippen LogP contribution is 2.10. The number of benzene rings is 2. The minimum Gasteiger partial charge on any atom is -0.350 e. The summed E-state index contributed by atoms with van der Waals surface area (Å²) in [6, 6.07) is 16.5. The summed E-state index contributed by atoms with van der Waals surface area (Å²) < 4.78 is 1.41. The average molecular weight is 327 g/mol. The second-order valence-corrected chi connectivity index (χ2v) is 5.68. The number of nitrogens with zero attached hydrogens (tertiary/aromatic N) is 1. The van der Waals surface area contributed by atoms with Crippen LogP contribution in [-0.2, 0) is 17.9 Å². The van der Waals surface area contributed by atoms with Crippen molar-refractivity contribution < 1.29 is 4.79 Å². The third-order valence-corrected chi connectivity index (χ3v) is 3.81. The molecular formula is C18H15ClN2O2. The summed E-state index contributed by atoms with van der Waals surface area (Å²) >= 11 is 5.91. The number of pyridine rings is 1. The summed E-state index contributed by atoms with van der Waals surface area (Å²) in [5.41, 5.74) is 0.748. The lowest BCUT2D eigenvalue weighted by molar-refractivity contribution is -0.121. The van der Waals surface area contributed by atoms with Crippen molar-refractivity contribution in [1.29, 1.82) is 0 Å². The van der Waals surface area contributed by atoms with Gasteiger partial charge in [0, 0.05) is 23.2 Å². The highest BCUT2D eigenvalue weighted by molar-refractivity contribution is 6.30. The van der Waals surface area contributed by atoms with Crippen LogP contribution in [0.5, 0.6) is 0 Å². The lowest BCUT2D eigenvalue weighted by atomic mass is 10.2. The normalized spacial score (nSPS) is 10.7. The quantitative estimate of drug-likeness (QED) is 0.801. The Kier molecular flexibility index (Phi) is 4.44. The van der Waals surface area contributed by atoms with Crippen LogP contribution < -0.4 is 10.9 Å². The van der Waals surface area contributed by atoms with E-state index in [1.54, 1.807) is 24.4 Å². The first-order valence-corrected chi connectivity index (χ1v) is 7.60. The molecule has 0 unspecified atom stereocenters. The molecule has 0 saturated heterocycles. The van der Waals surface area contributed by atoms with Gasteiger partial charge in [-0.2, -0.15) is 0 Å². The van der Waals surface area contributed by atoms with Crippen LogP contribution in [0, 0.1) is 0 Å². The molecule has 0 fully saturated rings. The fourth-order valence-electron chi connectivity index (χ4n) is 2.41. The lowest BCUT2D eigenvalue weighted by Gasteiger charge is -2.09. The average Bonchev–Trinajstić information content (AvgIpc) is 2.56. The number of fused-ring (bicyclic) bond motifs is 1. The SMILES string of the molecule is O=C(Cn1ccc2ccccc2c1=O)NCc1cccc(Cl)c1. The van der Waals surface area contributed by atoms with Gasteiger partial charge in [0.05, 0.1) is 0 Å². The number of rotatable bonds is 4. The highest BCUT2D eigenvalue weighted by Gasteiger charge is 2.07. The van der Waals surface area contributed by atoms with E-state index >= 15 is 0 Å². The van der Waals surface area contributed by atoms with Gasteiger partial charge in [0.2, 0.25) is 5.91 Å². The molecule has 0 spiro atoms. The first-order valence-electron chi connectivity index (χ1n) is 7.23. The molecular weight excluding hydrogens is 312 g/mol. The van der Waals surface area contributed by atoms with Crippen molar-refractivity contribution in [3.8, 4) is 0 Å². The van der Waals surface area contributed by atoms with Crippen molar-refractivity contribution in [3.05, 3.63) is 81.7 Å². The van der Waals surface area contributed by atoms with E-state index in [9.17, 15) is 9.59 Å². The molecule has 3 aromatic rings. The molecule has 2 aromatic carbocycles. The smallest absolute Gasteiger partial charge is 0.258 e. The number of nitrogens with one attached hydrogen (secondary N) is 1. The van der Waals surface area contributed by atoms with Gasteiger partial charge < -0.3 is 9.88 Å². The van der Waals surface area contributed by atoms with Crippen LogP contribution >= 0.6 is 11.6 Å². The third kappa shape index (κ3) is 3.60. The number of carbonyl (C=O) groups excluding carboxylic acids is 1. The van der Waals surface area contributed by atoms with Gasteiger partial charge in [-0.15, -0.1) is 0 Å². The second-order valence-electron chi connectivity index (χ2n) is 5.24. The topological polar surface area (TPSA) is 51.1 Å². The van der Waals surface area contributed by atoms with Crippen LogP contribution in [0.3, 0.4) is 0 Å². The molecule has 0 atom stereocenters. The Labute approximate surface area is 138 Å². The molecule has 116 valence electrons. The standard InChI is InChI=1S/C18H15ClN2O2/c19-15-6-3-4-13(10-15)11-20-17(22)12-21-9-8-14-5-1-2-7-16(14)18(21)23/h1-10H,11-12H2,(H,20,22). The van der Waals surface area contributed by atoms with Crippen molar-refractivity contribution >= 4 is 28.3 Å². The molecule has 0 bridgehead atoms.